The fourth-order valence-electron chi connectivity index (χ4n) is 5.51. The third kappa shape index (κ3) is 2.20. The Bertz CT molecular complexity index is 1260. The zero-order valence-corrected chi connectivity index (χ0v) is 17.6. The van der Waals surface area contributed by atoms with E-state index in [2.05, 4.69) is 0 Å². The number of fused-ring (bicyclic) bond motifs is 8. The molecule has 1 saturated carbocycles. The Morgan fingerprint density at radius 2 is 1.43 bits per heavy atom. The second-order valence-corrected chi connectivity index (χ2v) is 10.6. The Labute approximate surface area is 179 Å². The first-order valence-electron chi connectivity index (χ1n) is 9.83. The zero-order chi connectivity index (χ0) is 20.9. The van der Waals surface area contributed by atoms with E-state index < -0.39 is 10.0 Å². The summed E-state index contributed by atoms with van der Waals surface area (Å²) in [5.74, 6) is -0.268. The Morgan fingerprint density at radius 3 is 1.97 bits per heavy atom. The Hall–Kier alpha value is -2.48. The molecule has 2 heterocycles. The molecule has 30 heavy (non-hydrogen) atoms. The van der Waals surface area contributed by atoms with Crippen molar-refractivity contribution in [2.24, 2.45) is 0 Å². The van der Waals surface area contributed by atoms with E-state index in [4.69, 9.17) is 11.6 Å². The number of piperidine rings is 1. The second kappa shape index (κ2) is 5.81. The number of hydrogen-bond donors (Lipinski definition) is 2. The topological polar surface area (TPSA) is 82.5 Å². The molecule has 1 aromatic heterocycles. The summed E-state index contributed by atoms with van der Waals surface area (Å²) in [6, 6.07) is 13.4. The molecule has 0 radical (unpaired) electrons. The van der Waals surface area contributed by atoms with Crippen molar-refractivity contribution in [3.8, 4) is 17.4 Å². The number of hydrogen-bond acceptors (Lipinski definition) is 4. The molecule has 6 rings (SSSR count). The van der Waals surface area contributed by atoms with Crippen LogP contribution in [0, 0.1) is 6.92 Å². The molecule has 154 valence electrons. The minimum absolute atomic E-state index is 0.0182. The summed E-state index contributed by atoms with van der Waals surface area (Å²) < 4.78 is 29.3. The predicted molar refractivity (Wildman–Crippen MR) is 112 cm³/mol. The third-order valence-corrected chi connectivity index (χ3v) is 8.96. The largest absolute Gasteiger partial charge is 0.494 e. The van der Waals surface area contributed by atoms with Crippen LogP contribution < -0.4 is 0 Å². The average Bonchev–Trinajstić information content (AvgIpc) is 3.11. The van der Waals surface area contributed by atoms with Gasteiger partial charge in [0.1, 0.15) is 0 Å². The molecule has 1 aliphatic heterocycles. The van der Waals surface area contributed by atoms with E-state index in [1.807, 2.05) is 6.92 Å². The monoisotopic (exact) mass is 442 g/mol. The van der Waals surface area contributed by atoms with Crippen LogP contribution in [0.3, 0.4) is 0 Å². The lowest BCUT2D eigenvalue weighted by Gasteiger charge is -2.15. The second-order valence-electron chi connectivity index (χ2n) is 8.36. The Kier molecular flexibility index (Phi) is 3.54. The maximum Gasteiger partial charge on any atom is 0.243 e. The van der Waals surface area contributed by atoms with Crippen LogP contribution in [-0.4, -0.2) is 39.6 Å². The van der Waals surface area contributed by atoms with Crippen molar-refractivity contribution < 1.29 is 18.6 Å². The van der Waals surface area contributed by atoms with Crippen LogP contribution in [-0.2, 0) is 10.0 Å². The van der Waals surface area contributed by atoms with Crippen LogP contribution in [0.1, 0.15) is 34.9 Å². The number of aromatic hydroxyl groups is 2. The van der Waals surface area contributed by atoms with Gasteiger partial charge in [0.2, 0.25) is 21.8 Å². The summed E-state index contributed by atoms with van der Waals surface area (Å²) in [7, 11) is -3.61. The predicted octanol–water partition coefficient (Wildman–Crippen LogP) is 3.88. The lowest BCUT2D eigenvalue weighted by molar-refractivity contribution is 0.388. The molecule has 3 aromatic rings. The van der Waals surface area contributed by atoms with Crippen molar-refractivity contribution in [2.75, 3.05) is 0 Å². The highest BCUT2D eigenvalue weighted by Crippen LogP contribution is 2.69. The molecule has 1 saturated heterocycles. The molecular formula is C22H19ClN2O4S. The van der Waals surface area contributed by atoms with E-state index in [-0.39, 0.29) is 40.6 Å². The summed E-state index contributed by atoms with van der Waals surface area (Å²) in [6.45, 7) is 1.92. The van der Waals surface area contributed by atoms with Crippen LogP contribution in [0.25, 0.3) is 5.69 Å². The van der Waals surface area contributed by atoms with Gasteiger partial charge in [-0.15, -0.1) is 0 Å². The molecule has 4 unspecified atom stereocenters. The van der Waals surface area contributed by atoms with E-state index in [9.17, 15) is 18.6 Å². The maximum atomic E-state index is 13.2. The van der Waals surface area contributed by atoms with Crippen molar-refractivity contribution in [3.05, 3.63) is 70.2 Å². The minimum atomic E-state index is -3.61. The van der Waals surface area contributed by atoms with Gasteiger partial charge in [0, 0.05) is 40.1 Å². The molecule has 3 aliphatic rings. The lowest BCUT2D eigenvalue weighted by atomic mass is 9.95. The van der Waals surface area contributed by atoms with Crippen LogP contribution in [0.2, 0.25) is 5.02 Å². The smallest absolute Gasteiger partial charge is 0.243 e. The maximum absolute atomic E-state index is 13.2. The fraction of sp³-hybridized carbons (Fsp3) is 0.273. The van der Waals surface area contributed by atoms with Crippen LogP contribution >= 0.6 is 11.6 Å². The van der Waals surface area contributed by atoms with Gasteiger partial charge in [0.15, 0.2) is 0 Å². The third-order valence-electron chi connectivity index (χ3n) is 6.80. The Balaban J connectivity index is 1.39. The van der Waals surface area contributed by atoms with E-state index >= 15 is 0 Å². The Morgan fingerprint density at radius 1 is 0.900 bits per heavy atom. The molecule has 0 amide bonds. The molecular weight excluding hydrogens is 424 g/mol. The van der Waals surface area contributed by atoms with Crippen molar-refractivity contribution >= 4 is 21.6 Å². The highest BCUT2D eigenvalue weighted by molar-refractivity contribution is 7.89. The first-order chi connectivity index (χ1) is 14.3. The summed E-state index contributed by atoms with van der Waals surface area (Å²) in [5, 5.41) is 22.5. The summed E-state index contributed by atoms with van der Waals surface area (Å²) in [6.07, 6.45) is 0.752. The normalized spacial score (nSPS) is 28.4. The number of rotatable bonds is 3. The highest BCUT2D eigenvalue weighted by Gasteiger charge is 2.72. The fourth-order valence-corrected chi connectivity index (χ4v) is 7.49. The van der Waals surface area contributed by atoms with E-state index in [1.165, 1.54) is 4.57 Å². The van der Waals surface area contributed by atoms with E-state index in [0.29, 0.717) is 21.8 Å². The lowest BCUT2D eigenvalue weighted by Crippen LogP contribution is -2.20. The minimum Gasteiger partial charge on any atom is -0.494 e. The molecule has 2 aromatic carbocycles. The van der Waals surface area contributed by atoms with Crippen LogP contribution in [0.15, 0.2) is 53.4 Å². The van der Waals surface area contributed by atoms with Gasteiger partial charge in [-0.05, 0) is 49.7 Å². The van der Waals surface area contributed by atoms with Gasteiger partial charge in [0.05, 0.1) is 10.6 Å². The quantitative estimate of drug-likeness (QED) is 0.603. The number of halogens is 1. The van der Waals surface area contributed by atoms with Crippen molar-refractivity contribution in [1.29, 1.82) is 0 Å². The van der Waals surface area contributed by atoms with Gasteiger partial charge in [-0.1, -0.05) is 29.3 Å². The molecule has 2 fully saturated rings. The van der Waals surface area contributed by atoms with Gasteiger partial charge in [-0.3, -0.25) is 4.57 Å². The SMILES string of the molecule is Cc1ccc(S(=O)(=O)N2C3C4CC(c5c4c(O)n(-c4ccc(Cl)cc4)c5O)C32)cc1. The molecule has 4 atom stereocenters. The van der Waals surface area contributed by atoms with Gasteiger partial charge < -0.3 is 10.2 Å². The van der Waals surface area contributed by atoms with Gasteiger partial charge in [0.25, 0.3) is 0 Å². The summed E-state index contributed by atoms with van der Waals surface area (Å²) in [5.41, 5.74) is 2.97. The molecule has 6 nitrogen and oxygen atoms in total. The summed E-state index contributed by atoms with van der Waals surface area (Å²) in [4.78, 5) is 0.284. The first-order valence-corrected chi connectivity index (χ1v) is 11.6. The first kappa shape index (κ1) is 18.3. The number of aryl methyl sites for hydroxylation is 1. The van der Waals surface area contributed by atoms with Crippen molar-refractivity contribution in [3.63, 3.8) is 0 Å². The molecule has 0 spiro atoms. The molecule has 8 heteroatoms. The van der Waals surface area contributed by atoms with Gasteiger partial charge in [-0.25, -0.2) is 8.42 Å². The number of sulfonamides is 1. The molecule has 2 N–H and O–H groups in total. The standard InChI is InChI=1S/C22H19ClN2O4S/c1-11-2-8-14(9-3-11)30(28,29)25-19-15-10-16(20(19)25)18-17(15)21(26)24(22(18)27)13-6-4-12(23)5-7-13/h2-9,15-16,19-20,26-27H,10H2,1H3. The summed E-state index contributed by atoms with van der Waals surface area (Å²) >= 11 is 5.96. The highest BCUT2D eigenvalue weighted by atomic mass is 35.5. The average molecular weight is 443 g/mol. The number of aromatic nitrogens is 1. The van der Waals surface area contributed by atoms with Crippen LogP contribution in [0.5, 0.6) is 11.8 Å². The van der Waals surface area contributed by atoms with E-state index in [1.54, 1.807) is 52.8 Å². The molecule has 2 aliphatic carbocycles. The van der Waals surface area contributed by atoms with E-state index in [0.717, 1.165) is 12.0 Å². The van der Waals surface area contributed by atoms with Crippen LogP contribution in [0.4, 0.5) is 0 Å². The van der Waals surface area contributed by atoms with Gasteiger partial charge >= 0.3 is 0 Å². The van der Waals surface area contributed by atoms with Gasteiger partial charge in [-0.2, -0.15) is 4.31 Å². The zero-order valence-electron chi connectivity index (χ0n) is 16.0. The van der Waals surface area contributed by atoms with Crippen molar-refractivity contribution in [2.45, 2.75) is 42.2 Å². The number of benzene rings is 2. The van der Waals surface area contributed by atoms with Crippen molar-refractivity contribution in [1.82, 2.24) is 8.87 Å². The molecule has 2 bridgehead atoms. The number of nitrogens with zero attached hydrogens (tertiary/aromatic N) is 2.